The molecule has 166 valence electrons. The lowest BCUT2D eigenvalue weighted by Crippen LogP contribution is -2.50. The van der Waals surface area contributed by atoms with Crippen LogP contribution in [0.1, 0.15) is 13.3 Å². The molecule has 0 spiro atoms. The normalized spacial score (nSPS) is 16.2. The van der Waals surface area contributed by atoms with Gasteiger partial charge in [-0.3, -0.25) is 9.58 Å². The van der Waals surface area contributed by atoms with Gasteiger partial charge in [-0.05, 0) is 31.2 Å². The van der Waals surface area contributed by atoms with Crippen LogP contribution in [0.3, 0.4) is 0 Å². The maximum atomic E-state index is 6.18. The molecule has 1 aliphatic rings. The molecule has 4 aromatic rings. The van der Waals surface area contributed by atoms with Gasteiger partial charge in [0.15, 0.2) is 11.6 Å². The molecular weight excluding hydrogens is 408 g/mol. The van der Waals surface area contributed by atoms with Gasteiger partial charge in [-0.2, -0.15) is 15.2 Å². The molecule has 1 fully saturated rings. The summed E-state index contributed by atoms with van der Waals surface area (Å²) in [4.78, 5) is 10.7. The first-order valence-electron chi connectivity index (χ1n) is 10.7. The van der Waals surface area contributed by atoms with Crippen LogP contribution in [0.4, 0.5) is 11.6 Å². The number of likely N-dealkylation sites (N-methyl/N-ethyl adjacent to an activating group) is 1. The van der Waals surface area contributed by atoms with E-state index in [0.717, 1.165) is 35.6 Å². The van der Waals surface area contributed by atoms with E-state index in [9.17, 15) is 0 Å². The highest BCUT2D eigenvalue weighted by molar-refractivity contribution is 5.72. The number of rotatable bonds is 8. The number of pyridine rings is 1. The molecule has 0 bridgehead atoms. The molecule has 32 heavy (non-hydrogen) atoms. The van der Waals surface area contributed by atoms with Gasteiger partial charge in [-0.25, -0.2) is 9.50 Å². The Morgan fingerprint density at radius 1 is 1.22 bits per heavy atom. The van der Waals surface area contributed by atoms with Crippen LogP contribution in [-0.4, -0.2) is 67.1 Å². The number of hydrogen-bond acceptors (Lipinski definition) is 8. The first-order valence-corrected chi connectivity index (χ1v) is 10.7. The lowest BCUT2D eigenvalue weighted by molar-refractivity contribution is 0.0563. The van der Waals surface area contributed by atoms with Crippen molar-refractivity contribution in [2.24, 2.45) is 7.05 Å². The molecular formula is C22H26N8O2. The van der Waals surface area contributed by atoms with Gasteiger partial charge in [0.25, 0.3) is 0 Å². The molecule has 5 heterocycles. The average molecular weight is 435 g/mol. The van der Waals surface area contributed by atoms with Crippen LogP contribution < -0.4 is 14.8 Å². The zero-order valence-electron chi connectivity index (χ0n) is 18.4. The van der Waals surface area contributed by atoms with E-state index in [1.807, 2.05) is 34.6 Å². The Bertz CT molecular complexity index is 1230. The zero-order chi connectivity index (χ0) is 22.1. The highest BCUT2D eigenvalue weighted by Crippen LogP contribution is 2.31. The van der Waals surface area contributed by atoms with Gasteiger partial charge in [-0.1, -0.05) is 6.92 Å². The Balaban J connectivity index is 1.37. The van der Waals surface area contributed by atoms with Crippen LogP contribution in [-0.2, 0) is 7.05 Å². The fourth-order valence-corrected chi connectivity index (χ4v) is 3.98. The highest BCUT2D eigenvalue weighted by atomic mass is 16.5. The maximum absolute atomic E-state index is 6.18. The Hall–Kier alpha value is -3.66. The molecule has 1 aliphatic heterocycles. The third-order valence-electron chi connectivity index (χ3n) is 5.82. The third kappa shape index (κ3) is 3.84. The number of hydrogen-bond donors (Lipinski definition) is 1. The summed E-state index contributed by atoms with van der Waals surface area (Å²) < 4.78 is 14.9. The minimum atomic E-state index is 0.300. The Morgan fingerprint density at radius 2 is 2.12 bits per heavy atom. The second kappa shape index (κ2) is 8.46. The van der Waals surface area contributed by atoms with Crippen LogP contribution in [0.15, 0.2) is 42.9 Å². The Kier molecular flexibility index (Phi) is 5.36. The zero-order valence-corrected chi connectivity index (χ0v) is 18.4. The molecule has 1 saturated heterocycles. The maximum Gasteiger partial charge on any atom is 0.318 e. The van der Waals surface area contributed by atoms with Gasteiger partial charge in [0.2, 0.25) is 0 Å². The summed E-state index contributed by atoms with van der Waals surface area (Å²) in [5, 5.41) is 12.2. The van der Waals surface area contributed by atoms with E-state index in [0.29, 0.717) is 30.3 Å². The molecule has 0 aromatic carbocycles. The summed E-state index contributed by atoms with van der Waals surface area (Å²) >= 11 is 0. The van der Waals surface area contributed by atoms with E-state index in [1.54, 1.807) is 18.5 Å². The molecule has 1 N–H and O–H groups in total. The van der Waals surface area contributed by atoms with E-state index in [-0.39, 0.29) is 0 Å². The van der Waals surface area contributed by atoms with Gasteiger partial charge in [0.05, 0.1) is 18.8 Å². The van der Waals surface area contributed by atoms with Crippen molar-refractivity contribution in [1.29, 1.82) is 0 Å². The van der Waals surface area contributed by atoms with Crippen molar-refractivity contribution in [3.05, 3.63) is 42.9 Å². The molecule has 10 nitrogen and oxygen atoms in total. The van der Waals surface area contributed by atoms with Crippen molar-refractivity contribution in [2.45, 2.75) is 19.4 Å². The number of anilines is 2. The standard InChI is InChI=1S/C22H26N8O2/c1-4-29-9-7-16(29)14-32-18-13-24-28(2)21(18)15-6-10-30-17(11-15)12-20(27-30)25-19-5-8-23-22(26-19)31-3/h5-6,8,10-13,16H,4,7,9,14H2,1-3H3,(H,23,25,26,27). The van der Waals surface area contributed by atoms with Crippen molar-refractivity contribution in [3.8, 4) is 23.0 Å². The molecule has 10 heteroatoms. The molecule has 0 aliphatic carbocycles. The van der Waals surface area contributed by atoms with Crippen LogP contribution in [0, 0.1) is 0 Å². The number of nitrogens with zero attached hydrogens (tertiary/aromatic N) is 7. The van der Waals surface area contributed by atoms with Crippen LogP contribution >= 0.6 is 0 Å². The smallest absolute Gasteiger partial charge is 0.318 e. The van der Waals surface area contributed by atoms with Gasteiger partial charge in [0, 0.05) is 43.7 Å². The van der Waals surface area contributed by atoms with Gasteiger partial charge < -0.3 is 14.8 Å². The van der Waals surface area contributed by atoms with E-state index in [4.69, 9.17) is 9.47 Å². The number of ether oxygens (including phenoxy) is 2. The van der Waals surface area contributed by atoms with Crippen molar-refractivity contribution >= 4 is 17.2 Å². The van der Waals surface area contributed by atoms with Gasteiger partial charge in [-0.15, -0.1) is 0 Å². The van der Waals surface area contributed by atoms with Crippen molar-refractivity contribution in [1.82, 2.24) is 34.3 Å². The Morgan fingerprint density at radius 3 is 2.91 bits per heavy atom. The first kappa shape index (κ1) is 20.3. The van der Waals surface area contributed by atoms with Crippen LogP contribution in [0.2, 0.25) is 0 Å². The van der Waals surface area contributed by atoms with Crippen molar-refractivity contribution in [3.63, 3.8) is 0 Å². The SMILES string of the molecule is CCN1CCC1COc1cnn(C)c1-c1ccn2nc(Nc3ccnc(OC)n3)cc2c1. The fraction of sp³-hybridized carbons (Fsp3) is 0.364. The number of likely N-dealkylation sites (tertiary alicyclic amines) is 1. The molecule has 5 rings (SSSR count). The van der Waals surface area contributed by atoms with Gasteiger partial charge >= 0.3 is 6.01 Å². The number of methoxy groups -OCH3 is 1. The van der Waals surface area contributed by atoms with E-state index < -0.39 is 0 Å². The quantitative estimate of drug-likeness (QED) is 0.452. The number of aryl methyl sites for hydroxylation is 1. The minimum absolute atomic E-state index is 0.300. The van der Waals surface area contributed by atoms with Crippen LogP contribution in [0.25, 0.3) is 16.8 Å². The summed E-state index contributed by atoms with van der Waals surface area (Å²) in [6.45, 7) is 5.08. The van der Waals surface area contributed by atoms with E-state index >= 15 is 0 Å². The molecule has 0 radical (unpaired) electrons. The largest absolute Gasteiger partial charge is 0.488 e. The topological polar surface area (TPSA) is 94.6 Å². The number of aromatic nitrogens is 6. The van der Waals surface area contributed by atoms with Crippen molar-refractivity contribution < 1.29 is 9.47 Å². The summed E-state index contributed by atoms with van der Waals surface area (Å²) in [7, 11) is 3.47. The second-order valence-corrected chi connectivity index (χ2v) is 7.73. The third-order valence-corrected chi connectivity index (χ3v) is 5.82. The molecule has 1 atom stereocenters. The predicted molar refractivity (Wildman–Crippen MR) is 120 cm³/mol. The summed E-state index contributed by atoms with van der Waals surface area (Å²) in [6, 6.07) is 8.60. The lowest BCUT2D eigenvalue weighted by Gasteiger charge is -2.39. The van der Waals surface area contributed by atoms with E-state index in [2.05, 4.69) is 43.4 Å². The van der Waals surface area contributed by atoms with Gasteiger partial charge in [0.1, 0.15) is 18.1 Å². The monoisotopic (exact) mass is 434 g/mol. The summed E-state index contributed by atoms with van der Waals surface area (Å²) in [6.07, 6.45) is 6.53. The molecule has 1 unspecified atom stereocenters. The van der Waals surface area contributed by atoms with Crippen molar-refractivity contribution in [2.75, 3.05) is 32.1 Å². The molecule has 4 aromatic heterocycles. The summed E-state index contributed by atoms with van der Waals surface area (Å²) in [5.41, 5.74) is 2.91. The average Bonchev–Trinajstić information content (AvgIpc) is 3.35. The second-order valence-electron chi connectivity index (χ2n) is 7.73. The lowest BCUT2D eigenvalue weighted by atomic mass is 10.0. The minimum Gasteiger partial charge on any atom is -0.488 e. The fourth-order valence-electron chi connectivity index (χ4n) is 3.98. The predicted octanol–water partition coefficient (Wildman–Crippen LogP) is 2.75. The number of fused-ring (bicyclic) bond motifs is 1. The van der Waals surface area contributed by atoms with E-state index in [1.165, 1.54) is 13.5 Å². The molecule has 0 saturated carbocycles. The van der Waals surface area contributed by atoms with Crippen LogP contribution in [0.5, 0.6) is 11.8 Å². The highest BCUT2D eigenvalue weighted by Gasteiger charge is 2.27. The first-order chi connectivity index (χ1) is 15.6. The number of nitrogens with one attached hydrogen (secondary N) is 1. The Labute approximate surface area is 185 Å². The molecule has 0 amide bonds. The summed E-state index contributed by atoms with van der Waals surface area (Å²) in [5.74, 6) is 2.08.